The van der Waals surface area contributed by atoms with Gasteiger partial charge in [0, 0.05) is 50.8 Å². The molecule has 14 atom stereocenters. The van der Waals surface area contributed by atoms with E-state index in [2.05, 4.69) is 131 Å². The number of aryl methyl sites for hydroxylation is 8. The second kappa shape index (κ2) is 43.9. The van der Waals surface area contributed by atoms with Crippen molar-refractivity contribution >= 4 is 55.0 Å². The van der Waals surface area contributed by atoms with Crippen molar-refractivity contribution in [1.29, 1.82) is 0 Å². The third-order valence-corrected chi connectivity index (χ3v) is 31.4. The van der Waals surface area contributed by atoms with Gasteiger partial charge in [-0.2, -0.15) is 0 Å². The first-order valence-electron chi connectivity index (χ1n) is 52.5. The van der Waals surface area contributed by atoms with Crippen molar-refractivity contribution in [3.05, 3.63) is 211 Å². The molecule has 8 aromatic carbocycles. The number of unbranched alkanes of at least 4 members (excludes halogenated alkanes) is 8. The fraction of sp³-hybridized carbons (Fsp3) is 0.541. The summed E-state index contributed by atoms with van der Waals surface area (Å²) in [4.78, 5) is 0. The Kier molecular flexibility index (Phi) is 33.6. The van der Waals surface area contributed by atoms with Gasteiger partial charge in [0.25, 0.3) is 0 Å². The highest BCUT2D eigenvalue weighted by molar-refractivity contribution is 6.14. The van der Waals surface area contributed by atoms with Gasteiger partial charge in [-0.1, -0.05) is 187 Å². The highest BCUT2D eigenvalue weighted by Gasteiger charge is 2.57. The van der Waals surface area contributed by atoms with Gasteiger partial charge in [-0.05, 0) is 362 Å². The van der Waals surface area contributed by atoms with Crippen molar-refractivity contribution in [2.75, 3.05) is 0 Å². The van der Waals surface area contributed by atoms with Gasteiger partial charge in [-0.3, -0.25) is 0 Å². The molecule has 0 amide bonds. The van der Waals surface area contributed by atoms with Crippen molar-refractivity contribution < 1.29 is 84.0 Å². The minimum Gasteiger partial charge on any atom is -0.508 e. The van der Waals surface area contributed by atoms with E-state index in [9.17, 15) is 56.2 Å². The summed E-state index contributed by atoms with van der Waals surface area (Å²) in [6.45, 7) is 55.1. The molecular weight excluding hydrogens is 1740 g/mol. The lowest BCUT2D eigenvalue weighted by molar-refractivity contribution is -0.0826. The van der Waals surface area contributed by atoms with E-state index in [1.807, 2.05) is 118 Å². The maximum absolute atomic E-state index is 10.8. The molecule has 2 aromatic heterocycles. The van der Waals surface area contributed by atoms with Gasteiger partial charge in [0.2, 0.25) is 0 Å². The number of hydrogen-bond donors (Lipinski definition) is 11. The Bertz CT molecular complexity index is 6110. The number of fused-ring (bicyclic) bond motifs is 17. The molecule has 3 fully saturated rings. The Morgan fingerprint density at radius 2 is 0.842 bits per heavy atom. The molecule has 3 saturated carbocycles. The Hall–Kier alpha value is -9.88. The number of benzene rings is 8. The summed E-state index contributed by atoms with van der Waals surface area (Å²) in [6.07, 6.45) is 26.5. The molecule has 17 nitrogen and oxygen atoms in total. The molecule has 4 aliphatic carbocycles. The zero-order chi connectivity index (χ0) is 101. The van der Waals surface area contributed by atoms with Crippen molar-refractivity contribution in [3.63, 3.8) is 0 Å². The highest BCUT2D eigenvalue weighted by Crippen LogP contribution is 2.61. The van der Waals surface area contributed by atoms with Crippen molar-refractivity contribution in [2.24, 2.45) is 23.7 Å². The molecule has 0 spiro atoms. The largest absolute Gasteiger partial charge is 0.508 e. The molecule has 139 heavy (non-hydrogen) atoms. The second-order valence-corrected chi connectivity index (χ2v) is 44.3. The van der Waals surface area contributed by atoms with Crippen molar-refractivity contribution in [3.8, 4) is 57.5 Å². The summed E-state index contributed by atoms with van der Waals surface area (Å²) in [5.41, 5.74) is 18.2. The molecule has 18 rings (SSSR count). The van der Waals surface area contributed by atoms with Crippen molar-refractivity contribution in [1.82, 2.24) is 0 Å². The molecule has 754 valence electrons. The van der Waals surface area contributed by atoms with Crippen LogP contribution in [0.5, 0.6) is 57.5 Å². The zero-order valence-electron chi connectivity index (χ0n) is 87.5. The number of aromatic hydroxyl groups is 6. The zero-order valence-corrected chi connectivity index (χ0v) is 87.5. The number of hydrogen-bond acceptors (Lipinski definition) is 17. The minimum atomic E-state index is -1.20. The summed E-state index contributed by atoms with van der Waals surface area (Å²) in [5.74, 6) is 6.21. The standard InChI is InChI=1S/C21H30O4.C21H30O3.C21H26O2.C21H24O2.C19H28O3.C19H26O3/c1-5-6-7-8-13-11-15(22)18-16(12-13)25-20(2,3)14-9-10-21(4,24)19(23)17(14)18;1-5-6-7-8-14-11-16(22)19-17(12-14)24-20-18(19)15(13(2)3)9-10-21(20,4)23;2*1-5-6-7-8-15-11-17(22)20-18(12-15)23-21-14(4)9-10-16(13(2)3)19(20)21;1-5-6-12-9-14(20)17-15(10-12)22-18-11(2)7-8-13(16(17)18)19(3,4)21;1-5-6-12-9-14(20)17-15(10-12)22-18-16(17)13(11(2)3)7-8-19(18,4)21/h11-12,19,22-24H,5-10H2,1-4H3;11-12,15,18,20,22-23H,2,5-10H2,1,3-4H3;9-13,22H,5-8H2,1-4H3;9-12,22H,2,5-8H2,1,3-4H3;9-11,13,16,18,20-21H,5-8H2,1-4H3;9-10,13,16,18,20-21H,2,5-8H2,1,3-4H3/t19-,21-;15-,18+,20-,21-;;;;13-,16+,18-,19-/m00...0/s1. The van der Waals surface area contributed by atoms with Crippen LogP contribution >= 0.6 is 0 Å². The van der Waals surface area contributed by atoms with Crippen LogP contribution in [0.15, 0.2) is 142 Å². The van der Waals surface area contributed by atoms with Crippen LogP contribution in [0.4, 0.5) is 0 Å². The molecule has 10 aromatic rings. The lowest BCUT2D eigenvalue weighted by Gasteiger charge is -2.45. The number of phenolic OH excluding ortho intramolecular Hbond substituents is 6. The van der Waals surface area contributed by atoms with E-state index >= 15 is 0 Å². The van der Waals surface area contributed by atoms with Crippen LogP contribution in [0.3, 0.4) is 0 Å². The first kappa shape index (κ1) is 106. The van der Waals surface area contributed by atoms with E-state index in [0.29, 0.717) is 83.2 Å². The summed E-state index contributed by atoms with van der Waals surface area (Å²) >= 11 is 0. The molecule has 0 radical (unpaired) electrons. The van der Waals surface area contributed by atoms with Crippen LogP contribution in [0, 0.1) is 37.5 Å². The van der Waals surface area contributed by atoms with E-state index in [-0.39, 0.29) is 59.6 Å². The highest BCUT2D eigenvalue weighted by atomic mass is 16.5. The molecule has 4 unspecified atom stereocenters. The molecule has 0 saturated heterocycles. The Morgan fingerprint density at radius 1 is 0.446 bits per heavy atom. The van der Waals surface area contributed by atoms with Gasteiger partial charge >= 0.3 is 0 Å². The summed E-state index contributed by atoms with van der Waals surface area (Å²) in [7, 11) is 0. The van der Waals surface area contributed by atoms with Gasteiger partial charge in [-0.25, -0.2) is 0 Å². The fourth-order valence-corrected chi connectivity index (χ4v) is 23.7. The number of ether oxygens (including phenoxy) is 4. The Labute approximate surface area is 827 Å². The Balaban J connectivity index is 0.000000141. The van der Waals surface area contributed by atoms with Gasteiger partial charge < -0.3 is 84.0 Å². The summed E-state index contributed by atoms with van der Waals surface area (Å²) < 4.78 is 37.0. The average Bonchev–Trinajstić information content (AvgIpc) is 1.45. The average molecular weight is 1900 g/mol. The first-order chi connectivity index (χ1) is 65.7. The smallest absolute Gasteiger partial charge is 0.139 e. The summed E-state index contributed by atoms with van der Waals surface area (Å²) in [5, 5.41) is 121. The van der Waals surface area contributed by atoms with Crippen molar-refractivity contribution in [2.45, 2.75) is 401 Å². The van der Waals surface area contributed by atoms with E-state index < -0.39 is 34.1 Å². The van der Waals surface area contributed by atoms with E-state index in [1.165, 1.54) is 44.1 Å². The third-order valence-electron chi connectivity index (χ3n) is 31.4. The number of rotatable bonds is 25. The summed E-state index contributed by atoms with van der Waals surface area (Å²) in [6, 6.07) is 31.9. The molecule has 11 N–H and O–H groups in total. The van der Waals surface area contributed by atoms with Crippen LogP contribution in [0.1, 0.15) is 374 Å². The normalized spacial score (nSPS) is 24.3. The lowest BCUT2D eigenvalue weighted by Crippen LogP contribution is -2.50. The molecule has 17 heteroatoms. The van der Waals surface area contributed by atoms with Crippen LogP contribution in [0.2, 0.25) is 0 Å². The first-order valence-corrected chi connectivity index (χ1v) is 52.5. The topological polar surface area (TPSA) is 286 Å². The maximum atomic E-state index is 10.8. The van der Waals surface area contributed by atoms with Gasteiger partial charge in [0.1, 0.15) is 110 Å². The van der Waals surface area contributed by atoms with Gasteiger partial charge in [0.15, 0.2) is 0 Å². The van der Waals surface area contributed by atoms with Crippen LogP contribution in [-0.4, -0.2) is 109 Å². The molecular formula is C122H164O17. The van der Waals surface area contributed by atoms with E-state index in [0.717, 1.165) is 266 Å². The third kappa shape index (κ3) is 22.6. The predicted molar refractivity (Wildman–Crippen MR) is 566 cm³/mol. The number of phenols is 6. The van der Waals surface area contributed by atoms with Gasteiger partial charge in [-0.15, -0.1) is 0 Å². The number of allylic oxidation sites excluding steroid dienone is 3. The molecule has 0 bridgehead atoms. The van der Waals surface area contributed by atoms with Crippen LogP contribution in [-0.2, 0) is 38.5 Å². The second-order valence-electron chi connectivity index (χ2n) is 44.3. The molecule has 4 aliphatic heterocycles. The monoisotopic (exact) mass is 1900 g/mol. The Morgan fingerprint density at radius 3 is 1.27 bits per heavy atom. The van der Waals surface area contributed by atoms with E-state index in [1.54, 1.807) is 13.0 Å². The quantitative estimate of drug-likeness (QED) is 0.0187. The van der Waals surface area contributed by atoms with Crippen LogP contribution in [0.25, 0.3) is 55.0 Å². The lowest BCUT2D eigenvalue weighted by atomic mass is 9.65. The van der Waals surface area contributed by atoms with Gasteiger partial charge in [0.05, 0.1) is 38.7 Å². The van der Waals surface area contributed by atoms with E-state index in [4.69, 9.17) is 27.8 Å². The fourth-order valence-electron chi connectivity index (χ4n) is 23.7. The number of furan rings is 2. The maximum Gasteiger partial charge on any atom is 0.139 e. The SMILES string of the molecule is C=C(C)[C@@H]1CC[C@](C)(O)[C@H]2Oc3cc(CCC)cc(O)c3[C@@H]12.C=C(C)[C@@H]1CC[C@](C)(O)[C@H]2Oc3cc(CCCCC)cc(O)c3[C@@H]12.C=C(C)c1ccc(C)c2oc3cc(CCCCC)cc(O)c3c12.CCCCCc1cc(O)c2c(c1)OC(C)(C)C1=C2[C@H](O)[C@@](C)(O)CC1.CCCCCc1cc(O)c2c(c1)oc1c(C)ccc(C(C)C)c12.CCCc1cc(O)c2c(c1)OC1C(C)CCC(C(C)(C)O)C21. The minimum absolute atomic E-state index is 0.00748. The molecule has 8 aliphatic rings. The number of aliphatic hydroxyl groups excluding tert-OH is 1. The molecule has 6 heterocycles. The van der Waals surface area contributed by atoms with Crippen LogP contribution < -0.4 is 18.9 Å². The number of aliphatic hydroxyl groups is 5. The predicted octanol–water partition coefficient (Wildman–Crippen LogP) is 29.4.